The Morgan fingerprint density at radius 2 is 2.07 bits per heavy atom. The van der Waals surface area contributed by atoms with Crippen molar-refractivity contribution in [1.29, 1.82) is 5.26 Å². The van der Waals surface area contributed by atoms with Gasteiger partial charge in [0.25, 0.3) is 0 Å². The minimum absolute atomic E-state index is 0.0767. The third-order valence-corrected chi connectivity index (χ3v) is 2.86. The van der Waals surface area contributed by atoms with Crippen LogP contribution in [0.2, 0.25) is 0 Å². The molecular weight excluding hydrogens is 224 g/mol. The van der Waals surface area contributed by atoms with Gasteiger partial charge in [-0.15, -0.1) is 0 Å². The molecule has 1 rings (SSSR count). The van der Waals surface area contributed by atoms with Gasteiger partial charge in [0.05, 0.1) is 11.2 Å². The molecule has 15 heavy (non-hydrogen) atoms. The average molecular weight is 234 g/mol. The molecule has 0 radical (unpaired) electrons. The summed E-state index contributed by atoms with van der Waals surface area (Å²) in [5.74, 6) is 0. The molecule has 0 saturated heterocycles. The minimum atomic E-state index is -0.0895. The molecule has 0 aliphatic carbocycles. The lowest BCUT2D eigenvalue weighted by atomic mass is 10.1. The lowest BCUT2D eigenvalue weighted by Gasteiger charge is -2.15. The quantitative estimate of drug-likeness (QED) is 0.455. The number of hydrogen-bond donors (Lipinski definition) is 0. The second-order valence-corrected chi connectivity index (χ2v) is 4.33. The number of rotatable bonds is 4. The summed E-state index contributed by atoms with van der Waals surface area (Å²) in [7, 11) is 0. The van der Waals surface area contributed by atoms with Gasteiger partial charge in [-0.25, -0.2) is 4.99 Å². The number of thiocarbonyl (C=S) groups is 1. The Morgan fingerprint density at radius 3 is 2.60 bits per heavy atom. The van der Waals surface area contributed by atoms with Crippen molar-refractivity contribution in [3.05, 3.63) is 35.9 Å². The molecule has 1 aromatic carbocycles. The molecule has 76 valence electrons. The van der Waals surface area contributed by atoms with E-state index >= 15 is 0 Å². The van der Waals surface area contributed by atoms with E-state index in [1.54, 1.807) is 0 Å². The Balaban J connectivity index is 2.94. The summed E-state index contributed by atoms with van der Waals surface area (Å²) < 4.78 is 0. The molecule has 2 nitrogen and oxygen atoms in total. The lowest BCUT2D eigenvalue weighted by molar-refractivity contribution is 0.725. The van der Waals surface area contributed by atoms with Gasteiger partial charge in [-0.2, -0.15) is 5.26 Å². The second-order valence-electron chi connectivity index (χ2n) is 2.99. The van der Waals surface area contributed by atoms with Crippen molar-refractivity contribution in [2.45, 2.75) is 18.2 Å². The van der Waals surface area contributed by atoms with E-state index in [-0.39, 0.29) is 11.3 Å². The first-order valence-electron chi connectivity index (χ1n) is 4.46. The van der Waals surface area contributed by atoms with Crippen molar-refractivity contribution < 1.29 is 0 Å². The topological polar surface area (TPSA) is 36.1 Å². The number of nitrogens with zero attached hydrogens (tertiary/aromatic N) is 2. The van der Waals surface area contributed by atoms with Crippen molar-refractivity contribution in [3.8, 4) is 5.40 Å². The molecule has 0 N–H and O–H groups in total. The first-order chi connectivity index (χ1) is 7.29. The van der Waals surface area contributed by atoms with Crippen LogP contribution in [0.3, 0.4) is 0 Å². The van der Waals surface area contributed by atoms with E-state index in [4.69, 9.17) is 5.26 Å². The van der Waals surface area contributed by atoms with Crippen LogP contribution in [0.25, 0.3) is 0 Å². The van der Waals surface area contributed by atoms with E-state index in [0.29, 0.717) is 0 Å². The third-order valence-electron chi connectivity index (χ3n) is 2.02. The maximum Gasteiger partial charge on any atom is 0.133 e. The Labute approximate surface area is 99.0 Å². The van der Waals surface area contributed by atoms with E-state index in [0.717, 1.165) is 5.56 Å². The van der Waals surface area contributed by atoms with Crippen LogP contribution in [0.5, 0.6) is 0 Å². The fourth-order valence-corrected chi connectivity index (χ4v) is 1.93. The van der Waals surface area contributed by atoms with Crippen LogP contribution in [0.1, 0.15) is 18.5 Å². The molecule has 0 aliphatic heterocycles. The average Bonchev–Trinajstić information content (AvgIpc) is 2.27. The molecule has 2 atom stereocenters. The van der Waals surface area contributed by atoms with Gasteiger partial charge >= 0.3 is 0 Å². The Hall–Kier alpha value is -1.14. The maximum absolute atomic E-state index is 8.63. The summed E-state index contributed by atoms with van der Waals surface area (Å²) in [5.41, 5.74) is 1.06. The smallest absolute Gasteiger partial charge is 0.133 e. The number of nitriles is 1. The van der Waals surface area contributed by atoms with E-state index in [9.17, 15) is 0 Å². The normalized spacial score (nSPS) is 13.3. The first kappa shape index (κ1) is 11.9. The summed E-state index contributed by atoms with van der Waals surface area (Å²) in [5, 5.41) is 13.2. The third kappa shape index (κ3) is 3.49. The molecule has 0 spiro atoms. The molecule has 0 bridgehead atoms. The van der Waals surface area contributed by atoms with Crippen molar-refractivity contribution in [2.24, 2.45) is 4.99 Å². The van der Waals surface area contributed by atoms with Gasteiger partial charge in [-0.3, -0.25) is 0 Å². The standard InChI is InChI=1S/C11H10N2S2/c1-9(15-7-12)11(13-8-14)10-5-3-2-4-6-10/h2-6,9,11H,1H3. The van der Waals surface area contributed by atoms with Crippen LogP contribution < -0.4 is 0 Å². The number of hydrogen-bond acceptors (Lipinski definition) is 4. The highest BCUT2D eigenvalue weighted by Crippen LogP contribution is 2.28. The Morgan fingerprint density at radius 1 is 1.40 bits per heavy atom. The van der Waals surface area contributed by atoms with Crippen LogP contribution in [-0.2, 0) is 0 Å². The summed E-state index contributed by atoms with van der Waals surface area (Å²) in [6.07, 6.45) is 0. The molecule has 0 aliphatic rings. The summed E-state index contributed by atoms with van der Waals surface area (Å²) in [6.45, 7) is 1.96. The zero-order valence-corrected chi connectivity index (χ0v) is 9.89. The predicted octanol–water partition coefficient (Wildman–Crippen LogP) is 3.43. The maximum atomic E-state index is 8.63. The van der Waals surface area contributed by atoms with Crippen LogP contribution in [0, 0.1) is 10.7 Å². The molecular formula is C11H10N2S2. The lowest BCUT2D eigenvalue weighted by Crippen LogP contribution is -2.08. The van der Waals surface area contributed by atoms with Gasteiger partial charge in [0.1, 0.15) is 5.40 Å². The predicted molar refractivity (Wildman–Crippen MR) is 66.9 cm³/mol. The highest BCUT2D eigenvalue weighted by molar-refractivity contribution is 8.04. The molecule has 4 heteroatoms. The number of isothiocyanates is 1. The summed E-state index contributed by atoms with van der Waals surface area (Å²) in [4.78, 5) is 4.11. The van der Waals surface area contributed by atoms with Crippen molar-refractivity contribution in [3.63, 3.8) is 0 Å². The molecule has 0 aromatic heterocycles. The summed E-state index contributed by atoms with van der Waals surface area (Å²) >= 11 is 5.82. The van der Waals surface area contributed by atoms with Crippen LogP contribution in [0.15, 0.2) is 35.3 Å². The Kier molecular flexibility index (Phi) is 5.06. The van der Waals surface area contributed by atoms with Crippen molar-refractivity contribution >= 4 is 29.1 Å². The number of aliphatic imine (C=N–C) groups is 1. The van der Waals surface area contributed by atoms with Crippen LogP contribution in [-0.4, -0.2) is 10.4 Å². The molecule has 1 aromatic rings. The SMILES string of the molecule is CC(SC#N)C(N=C=S)c1ccccc1. The molecule has 0 amide bonds. The number of thiocyanates is 1. The van der Waals surface area contributed by atoms with Gasteiger partial charge in [0.2, 0.25) is 0 Å². The van der Waals surface area contributed by atoms with Gasteiger partial charge in [0.15, 0.2) is 0 Å². The number of thioether (sulfide) groups is 1. The van der Waals surface area contributed by atoms with Crippen LogP contribution in [0.4, 0.5) is 0 Å². The van der Waals surface area contributed by atoms with E-state index in [2.05, 4.69) is 27.8 Å². The minimum Gasteiger partial charge on any atom is -0.223 e. The van der Waals surface area contributed by atoms with Gasteiger partial charge in [-0.1, -0.05) is 30.3 Å². The second kappa shape index (κ2) is 6.36. The monoisotopic (exact) mass is 234 g/mol. The summed E-state index contributed by atoms with van der Waals surface area (Å²) in [6, 6.07) is 9.72. The zero-order chi connectivity index (χ0) is 11.1. The molecule has 0 heterocycles. The Bertz CT molecular complexity index is 391. The van der Waals surface area contributed by atoms with E-state index in [1.165, 1.54) is 11.8 Å². The first-order valence-corrected chi connectivity index (χ1v) is 5.75. The van der Waals surface area contributed by atoms with E-state index in [1.807, 2.05) is 37.3 Å². The fraction of sp³-hybridized carbons (Fsp3) is 0.273. The van der Waals surface area contributed by atoms with Crippen LogP contribution >= 0.6 is 24.0 Å². The van der Waals surface area contributed by atoms with Gasteiger partial charge in [-0.05, 0) is 36.5 Å². The largest absolute Gasteiger partial charge is 0.223 e. The fourth-order valence-electron chi connectivity index (χ4n) is 1.31. The zero-order valence-electron chi connectivity index (χ0n) is 8.25. The molecule has 0 fully saturated rings. The highest BCUT2D eigenvalue weighted by atomic mass is 32.2. The number of benzene rings is 1. The van der Waals surface area contributed by atoms with Crippen molar-refractivity contribution in [1.82, 2.24) is 0 Å². The molecule has 2 unspecified atom stereocenters. The van der Waals surface area contributed by atoms with E-state index < -0.39 is 0 Å². The van der Waals surface area contributed by atoms with Gasteiger partial charge < -0.3 is 0 Å². The van der Waals surface area contributed by atoms with Crippen molar-refractivity contribution in [2.75, 3.05) is 0 Å². The van der Waals surface area contributed by atoms with Gasteiger partial charge in [0, 0.05) is 5.25 Å². The highest BCUT2D eigenvalue weighted by Gasteiger charge is 2.18. The molecule has 0 saturated carbocycles.